The molecule has 5 nitrogen and oxygen atoms in total. The van der Waals surface area contributed by atoms with Crippen LogP contribution in [-0.2, 0) is 16.6 Å². The maximum Gasteiger partial charge on any atom is 0.246 e. The Balaban J connectivity index is 2.17. The Hall–Kier alpha value is -1.18. The van der Waals surface area contributed by atoms with Gasteiger partial charge in [-0.25, -0.2) is 13.1 Å². The molecule has 0 fully saturated rings. The summed E-state index contributed by atoms with van der Waals surface area (Å²) in [6, 6.07) is 7.42. The highest BCUT2D eigenvalue weighted by Gasteiger charge is 2.23. The van der Waals surface area contributed by atoms with E-state index in [-0.39, 0.29) is 11.4 Å². The summed E-state index contributed by atoms with van der Waals surface area (Å²) in [4.78, 5) is 0.115. The number of halogens is 1. The van der Waals surface area contributed by atoms with Crippen molar-refractivity contribution in [3.8, 4) is 0 Å². The van der Waals surface area contributed by atoms with Gasteiger partial charge >= 0.3 is 0 Å². The molecule has 0 atom stereocenters. The Labute approximate surface area is 120 Å². The lowest BCUT2D eigenvalue weighted by Gasteiger charge is -2.06. The molecule has 0 aliphatic heterocycles. The van der Waals surface area contributed by atoms with Crippen LogP contribution in [0.5, 0.6) is 0 Å². The number of hydrogen-bond donors (Lipinski definition) is 1. The fourth-order valence-electron chi connectivity index (χ4n) is 1.71. The number of rotatable bonds is 4. The maximum atomic E-state index is 12.2. The number of nitrogens with zero attached hydrogens (tertiary/aromatic N) is 1. The van der Waals surface area contributed by atoms with E-state index in [4.69, 9.17) is 4.52 Å². The molecular formula is C12H13BrN2O3S. The minimum Gasteiger partial charge on any atom is -0.360 e. The van der Waals surface area contributed by atoms with Crippen molar-refractivity contribution in [1.29, 1.82) is 0 Å². The Morgan fingerprint density at radius 2 is 1.89 bits per heavy atom. The Kier molecular flexibility index (Phi) is 4.07. The molecule has 102 valence electrons. The zero-order valence-electron chi connectivity index (χ0n) is 10.5. The van der Waals surface area contributed by atoms with Crippen LogP contribution in [0.25, 0.3) is 0 Å². The molecule has 0 amide bonds. The second kappa shape index (κ2) is 5.44. The number of aromatic nitrogens is 1. The molecule has 0 bridgehead atoms. The van der Waals surface area contributed by atoms with Gasteiger partial charge < -0.3 is 4.52 Å². The Bertz CT molecular complexity index is 658. The van der Waals surface area contributed by atoms with Crippen LogP contribution in [0.2, 0.25) is 0 Å². The van der Waals surface area contributed by atoms with Gasteiger partial charge in [-0.05, 0) is 31.5 Å². The minimum atomic E-state index is -3.60. The molecule has 2 rings (SSSR count). The van der Waals surface area contributed by atoms with Gasteiger partial charge in [-0.1, -0.05) is 33.2 Å². The first-order valence-electron chi connectivity index (χ1n) is 5.57. The van der Waals surface area contributed by atoms with Crippen molar-refractivity contribution in [3.63, 3.8) is 0 Å². The number of benzene rings is 1. The van der Waals surface area contributed by atoms with E-state index >= 15 is 0 Å². The molecule has 0 unspecified atom stereocenters. The van der Waals surface area contributed by atoms with Crippen LogP contribution in [0, 0.1) is 13.8 Å². The minimum absolute atomic E-state index is 0.115. The summed E-state index contributed by atoms with van der Waals surface area (Å²) in [5, 5.41) is 3.65. The zero-order chi connectivity index (χ0) is 14.0. The summed E-state index contributed by atoms with van der Waals surface area (Å²) in [7, 11) is -3.60. The molecule has 1 aromatic carbocycles. The quantitative estimate of drug-likeness (QED) is 0.924. The number of hydrogen-bond acceptors (Lipinski definition) is 4. The van der Waals surface area contributed by atoms with Gasteiger partial charge in [-0.15, -0.1) is 0 Å². The average Bonchev–Trinajstić information content (AvgIpc) is 2.69. The molecular weight excluding hydrogens is 332 g/mol. The number of nitrogens with one attached hydrogen (secondary N) is 1. The van der Waals surface area contributed by atoms with Crippen molar-refractivity contribution in [1.82, 2.24) is 9.88 Å². The van der Waals surface area contributed by atoms with Crippen LogP contribution in [0.3, 0.4) is 0 Å². The zero-order valence-corrected chi connectivity index (χ0v) is 12.9. The first kappa shape index (κ1) is 14.2. The number of aryl methyl sites for hydroxylation is 2. The third kappa shape index (κ3) is 3.23. The third-order valence-electron chi connectivity index (χ3n) is 2.62. The van der Waals surface area contributed by atoms with E-state index in [1.54, 1.807) is 13.8 Å². The highest BCUT2D eigenvalue weighted by atomic mass is 79.9. The second-order valence-corrected chi connectivity index (χ2v) is 6.72. The predicted octanol–water partition coefficient (Wildman–Crippen LogP) is 2.53. The first-order chi connectivity index (χ1) is 8.90. The largest absolute Gasteiger partial charge is 0.360 e. The third-order valence-corrected chi connectivity index (χ3v) is 4.79. The van der Waals surface area contributed by atoms with E-state index in [0.717, 1.165) is 10.0 Å². The van der Waals surface area contributed by atoms with Crippen molar-refractivity contribution < 1.29 is 12.9 Å². The molecule has 1 aromatic heterocycles. The van der Waals surface area contributed by atoms with Crippen LogP contribution in [-0.4, -0.2) is 13.6 Å². The van der Waals surface area contributed by atoms with E-state index in [1.165, 1.54) is 0 Å². The van der Waals surface area contributed by atoms with Crippen molar-refractivity contribution in [2.45, 2.75) is 25.3 Å². The molecule has 1 heterocycles. The summed E-state index contributed by atoms with van der Waals surface area (Å²) >= 11 is 3.33. The number of sulfonamides is 1. The van der Waals surface area contributed by atoms with E-state index < -0.39 is 10.0 Å². The molecule has 0 spiro atoms. The van der Waals surface area contributed by atoms with Crippen molar-refractivity contribution in [2.75, 3.05) is 0 Å². The molecule has 7 heteroatoms. The second-order valence-electron chi connectivity index (χ2n) is 4.10. The lowest BCUT2D eigenvalue weighted by atomic mass is 10.2. The van der Waals surface area contributed by atoms with Crippen molar-refractivity contribution in [2.24, 2.45) is 0 Å². The standard InChI is InChI=1S/C12H13BrN2O3S/c1-8-12(9(2)18-15-8)19(16,17)14-7-10-3-5-11(13)6-4-10/h3-6,14H,7H2,1-2H3. The summed E-state index contributed by atoms with van der Waals surface area (Å²) in [6.07, 6.45) is 0. The molecule has 0 aliphatic rings. The normalized spacial score (nSPS) is 11.7. The lowest BCUT2D eigenvalue weighted by molar-refractivity contribution is 0.390. The molecule has 0 radical (unpaired) electrons. The fraction of sp³-hybridized carbons (Fsp3) is 0.250. The van der Waals surface area contributed by atoms with E-state index in [0.29, 0.717) is 11.5 Å². The maximum absolute atomic E-state index is 12.2. The molecule has 19 heavy (non-hydrogen) atoms. The SMILES string of the molecule is Cc1noc(C)c1S(=O)(=O)NCc1ccc(Br)cc1. The molecule has 0 aliphatic carbocycles. The topological polar surface area (TPSA) is 72.2 Å². The summed E-state index contributed by atoms with van der Waals surface area (Å²) in [5.41, 5.74) is 1.24. The molecule has 0 saturated heterocycles. The van der Waals surface area contributed by atoms with Gasteiger partial charge in [0, 0.05) is 11.0 Å². The molecule has 1 N–H and O–H groups in total. The highest BCUT2D eigenvalue weighted by Crippen LogP contribution is 2.19. The van der Waals surface area contributed by atoms with Gasteiger partial charge in [0.1, 0.15) is 10.6 Å². The average molecular weight is 345 g/mol. The van der Waals surface area contributed by atoms with Crippen LogP contribution < -0.4 is 4.72 Å². The van der Waals surface area contributed by atoms with Gasteiger partial charge in [0.25, 0.3) is 0 Å². The fourth-order valence-corrected chi connectivity index (χ4v) is 3.32. The first-order valence-corrected chi connectivity index (χ1v) is 7.85. The predicted molar refractivity (Wildman–Crippen MR) is 74.1 cm³/mol. The lowest BCUT2D eigenvalue weighted by Crippen LogP contribution is -2.24. The summed E-state index contributed by atoms with van der Waals surface area (Å²) < 4.78 is 32.7. The van der Waals surface area contributed by atoms with E-state index in [9.17, 15) is 8.42 Å². The van der Waals surface area contributed by atoms with Crippen molar-refractivity contribution >= 4 is 26.0 Å². The van der Waals surface area contributed by atoms with Gasteiger partial charge in [0.05, 0.1) is 0 Å². The molecule has 2 aromatic rings. The monoisotopic (exact) mass is 344 g/mol. The molecule has 0 saturated carbocycles. The van der Waals surface area contributed by atoms with Gasteiger partial charge in [0.2, 0.25) is 10.0 Å². The van der Waals surface area contributed by atoms with Crippen LogP contribution in [0.1, 0.15) is 17.0 Å². The van der Waals surface area contributed by atoms with Gasteiger partial charge in [0.15, 0.2) is 5.76 Å². The Morgan fingerprint density at radius 3 is 2.42 bits per heavy atom. The van der Waals surface area contributed by atoms with Crippen LogP contribution >= 0.6 is 15.9 Å². The van der Waals surface area contributed by atoms with Crippen molar-refractivity contribution in [3.05, 3.63) is 45.8 Å². The summed E-state index contributed by atoms with van der Waals surface area (Å²) in [6.45, 7) is 3.40. The Morgan fingerprint density at radius 1 is 1.26 bits per heavy atom. The van der Waals surface area contributed by atoms with Gasteiger partial charge in [-0.2, -0.15) is 0 Å². The summed E-state index contributed by atoms with van der Waals surface area (Å²) in [5.74, 6) is 0.292. The van der Waals surface area contributed by atoms with Gasteiger partial charge in [-0.3, -0.25) is 0 Å². The van der Waals surface area contributed by atoms with Crippen LogP contribution in [0.4, 0.5) is 0 Å². The van der Waals surface area contributed by atoms with E-state index in [1.807, 2.05) is 24.3 Å². The highest BCUT2D eigenvalue weighted by molar-refractivity contribution is 9.10. The van der Waals surface area contributed by atoms with E-state index in [2.05, 4.69) is 25.8 Å². The smallest absolute Gasteiger partial charge is 0.246 e. The van der Waals surface area contributed by atoms with Crippen LogP contribution in [0.15, 0.2) is 38.2 Å².